The molecule has 4 aliphatic rings. The number of hydrogen-bond acceptors (Lipinski definition) is 9. The van der Waals surface area contributed by atoms with E-state index in [4.69, 9.17) is 9.47 Å². The smallest absolute Gasteiger partial charge is 0.407 e. The largest absolute Gasteiger partial charge is 0.456 e. The fraction of sp³-hybridized carbons (Fsp3) is 0.477. The van der Waals surface area contributed by atoms with Crippen LogP contribution in [0.25, 0.3) is 22.7 Å². The fourth-order valence-corrected chi connectivity index (χ4v) is 9.37. The van der Waals surface area contributed by atoms with Crippen molar-refractivity contribution in [3.05, 3.63) is 84.6 Å². The van der Waals surface area contributed by atoms with E-state index in [1.54, 1.807) is 26.8 Å². The van der Waals surface area contributed by atoms with Gasteiger partial charge in [0.1, 0.15) is 29.4 Å². The number of carbonyl (C=O) groups excluding carboxylic acids is 5. The van der Waals surface area contributed by atoms with Crippen molar-refractivity contribution in [2.75, 3.05) is 13.2 Å². The topological polar surface area (TPSA) is 182 Å². The third-order valence-electron chi connectivity index (χ3n) is 11.7. The van der Waals surface area contributed by atoms with E-state index in [9.17, 15) is 32.4 Å². The molecule has 3 N–H and O–H groups in total. The summed E-state index contributed by atoms with van der Waals surface area (Å²) in [7, 11) is -3.94. The van der Waals surface area contributed by atoms with E-state index >= 15 is 0 Å². The molecule has 1 saturated heterocycles. The second-order valence-electron chi connectivity index (χ2n) is 18.1. The van der Waals surface area contributed by atoms with E-state index in [0.29, 0.717) is 25.7 Å². The fourth-order valence-electron chi connectivity index (χ4n) is 8.00. The van der Waals surface area contributed by atoms with Crippen LogP contribution >= 0.6 is 0 Å². The van der Waals surface area contributed by atoms with Gasteiger partial charge < -0.3 is 29.6 Å². The zero-order chi connectivity index (χ0) is 42.5. The summed E-state index contributed by atoms with van der Waals surface area (Å²) in [5.41, 5.74) is -0.275. The molecule has 3 aromatic rings. The van der Waals surface area contributed by atoms with Crippen molar-refractivity contribution in [2.24, 2.45) is 16.7 Å². The maximum absolute atomic E-state index is 14.7. The lowest BCUT2D eigenvalue weighted by atomic mass is 9.85. The van der Waals surface area contributed by atoms with Crippen molar-refractivity contribution in [1.82, 2.24) is 24.8 Å². The molecule has 0 spiro atoms. The molecule has 7 rings (SSSR count). The lowest BCUT2D eigenvalue weighted by molar-refractivity contribution is -0.143. The SMILES string of the molecule is C=CC1C[C@]1(NC(=O)[C@@H]1C[C@@H]2CN1C(=O)[C@H](C(C)(C)C)NC(=O)OCC(C)(C)CC/C=C/c1cccc3c1cc(n3-c1ccccc1)C(=O)O2)C(=O)NS(=O)(=O)C1CC1. The van der Waals surface area contributed by atoms with Crippen molar-refractivity contribution in [2.45, 2.75) is 102 Å². The highest BCUT2D eigenvalue weighted by Crippen LogP contribution is 2.45. The predicted octanol–water partition coefficient (Wildman–Crippen LogP) is 5.40. The van der Waals surface area contributed by atoms with Crippen molar-refractivity contribution in [3.8, 4) is 5.69 Å². The first-order valence-electron chi connectivity index (χ1n) is 20.2. The number of cyclic esters (lactones) is 1. The Morgan fingerprint density at radius 2 is 1.76 bits per heavy atom. The third-order valence-corrected chi connectivity index (χ3v) is 13.5. The van der Waals surface area contributed by atoms with Crippen molar-refractivity contribution in [1.29, 1.82) is 0 Å². The number of hydrogen-bond donors (Lipinski definition) is 3. The maximum Gasteiger partial charge on any atom is 0.407 e. The van der Waals surface area contributed by atoms with Crippen LogP contribution in [-0.2, 0) is 33.9 Å². The molecule has 314 valence electrons. The molecule has 3 heterocycles. The molecule has 4 amide bonds. The molecule has 1 unspecified atom stereocenters. The van der Waals surface area contributed by atoms with Crippen LogP contribution in [0.5, 0.6) is 0 Å². The number of ether oxygens (including phenoxy) is 2. The van der Waals surface area contributed by atoms with Gasteiger partial charge in [-0.1, -0.05) is 83.2 Å². The summed E-state index contributed by atoms with van der Waals surface area (Å²) in [6, 6.07) is 14.5. The Morgan fingerprint density at radius 1 is 1.03 bits per heavy atom. The first-order chi connectivity index (χ1) is 27.8. The molecule has 59 heavy (non-hydrogen) atoms. The molecule has 14 nitrogen and oxygen atoms in total. The molecule has 1 aromatic heterocycles. The van der Waals surface area contributed by atoms with Gasteiger partial charge in [-0.2, -0.15) is 0 Å². The number of alkyl carbamates (subject to hydrolysis) is 1. The Balaban J connectivity index is 1.26. The Kier molecular flexibility index (Phi) is 11.0. The molecule has 5 atom stereocenters. The quantitative estimate of drug-likeness (QED) is 0.208. The first kappa shape index (κ1) is 41.7. The number of nitrogens with zero attached hydrogens (tertiary/aromatic N) is 2. The van der Waals surface area contributed by atoms with Gasteiger partial charge in [0.25, 0.3) is 5.91 Å². The normalized spacial score (nSPS) is 26.9. The van der Waals surface area contributed by atoms with Crippen LogP contribution in [0.1, 0.15) is 89.2 Å². The Labute approximate surface area is 344 Å². The van der Waals surface area contributed by atoms with Crippen LogP contribution in [-0.4, -0.2) is 89.8 Å². The lowest BCUT2D eigenvalue weighted by Gasteiger charge is -2.35. The van der Waals surface area contributed by atoms with Crippen LogP contribution in [0.15, 0.2) is 73.3 Å². The number of esters is 1. The van der Waals surface area contributed by atoms with Gasteiger partial charge >= 0.3 is 12.1 Å². The van der Waals surface area contributed by atoms with E-state index in [1.165, 1.54) is 11.0 Å². The van der Waals surface area contributed by atoms with E-state index < -0.39 is 85.5 Å². The molecule has 2 saturated carbocycles. The summed E-state index contributed by atoms with van der Waals surface area (Å²) in [6.07, 6.45) is 5.94. The Morgan fingerprint density at radius 3 is 2.42 bits per heavy atom. The zero-order valence-corrected chi connectivity index (χ0v) is 35.0. The molecular formula is C44H53N5O9S. The number of amides is 4. The lowest BCUT2D eigenvalue weighted by Crippen LogP contribution is -2.60. The van der Waals surface area contributed by atoms with Crippen LogP contribution in [0, 0.1) is 16.7 Å². The molecule has 3 fully saturated rings. The second-order valence-corrected chi connectivity index (χ2v) is 20.0. The predicted molar refractivity (Wildman–Crippen MR) is 222 cm³/mol. The zero-order valence-electron chi connectivity index (χ0n) is 34.2. The second kappa shape index (κ2) is 15.6. The number of nitrogens with one attached hydrogen (secondary N) is 3. The highest BCUT2D eigenvalue weighted by atomic mass is 32.2. The van der Waals surface area contributed by atoms with Gasteiger partial charge in [0.15, 0.2) is 0 Å². The highest BCUT2D eigenvalue weighted by Gasteiger charge is 2.62. The summed E-state index contributed by atoms with van der Waals surface area (Å²) < 4.78 is 41.4. The number of rotatable bonds is 7. The number of para-hydroxylation sites is 1. The third kappa shape index (κ3) is 8.66. The van der Waals surface area contributed by atoms with Crippen molar-refractivity contribution >= 4 is 56.8 Å². The van der Waals surface area contributed by atoms with Gasteiger partial charge in [-0.25, -0.2) is 18.0 Å². The molecule has 0 radical (unpaired) electrons. The van der Waals surface area contributed by atoms with E-state index in [2.05, 4.69) is 28.0 Å². The number of fused-ring (bicyclic) bond motifs is 3. The van der Waals surface area contributed by atoms with Gasteiger partial charge in [-0.3, -0.25) is 19.1 Å². The van der Waals surface area contributed by atoms with Crippen LogP contribution in [0.4, 0.5) is 4.79 Å². The summed E-state index contributed by atoms with van der Waals surface area (Å²) in [6.45, 7) is 12.9. The average Bonchev–Trinajstić information content (AvgIpc) is 4.08. The molecule has 15 heteroatoms. The highest BCUT2D eigenvalue weighted by molar-refractivity contribution is 7.91. The number of benzene rings is 2. The van der Waals surface area contributed by atoms with Gasteiger partial charge in [0, 0.05) is 23.4 Å². The van der Waals surface area contributed by atoms with Gasteiger partial charge in [0.2, 0.25) is 21.8 Å². The van der Waals surface area contributed by atoms with Crippen molar-refractivity contribution in [3.63, 3.8) is 0 Å². The van der Waals surface area contributed by atoms with E-state index in [-0.39, 0.29) is 31.7 Å². The Hall–Kier alpha value is -5.44. The summed E-state index contributed by atoms with van der Waals surface area (Å²) in [4.78, 5) is 71.8. The number of carbonyl (C=O) groups is 5. The van der Waals surface area contributed by atoms with Gasteiger partial charge in [-0.05, 0) is 72.8 Å². The molecule has 2 aliphatic carbocycles. The average molecular weight is 828 g/mol. The minimum absolute atomic E-state index is 0.0778. The van der Waals surface area contributed by atoms with Crippen LogP contribution in [0.2, 0.25) is 0 Å². The Bertz CT molecular complexity index is 2330. The summed E-state index contributed by atoms with van der Waals surface area (Å²) in [5, 5.41) is 5.65. The molecular weight excluding hydrogens is 775 g/mol. The molecule has 2 aliphatic heterocycles. The summed E-state index contributed by atoms with van der Waals surface area (Å²) >= 11 is 0. The van der Waals surface area contributed by atoms with Gasteiger partial charge in [0.05, 0.1) is 23.9 Å². The minimum atomic E-state index is -3.94. The summed E-state index contributed by atoms with van der Waals surface area (Å²) in [5.74, 6) is -3.50. The van der Waals surface area contributed by atoms with Crippen molar-refractivity contribution < 1.29 is 41.9 Å². The van der Waals surface area contributed by atoms with Crippen LogP contribution in [0.3, 0.4) is 0 Å². The minimum Gasteiger partial charge on any atom is -0.456 e. The van der Waals surface area contributed by atoms with E-state index in [1.807, 2.05) is 73.0 Å². The molecule has 2 aromatic carbocycles. The molecule has 4 bridgehead atoms. The number of sulfonamides is 1. The van der Waals surface area contributed by atoms with Gasteiger partial charge in [-0.15, -0.1) is 6.58 Å². The number of aromatic nitrogens is 1. The van der Waals surface area contributed by atoms with Crippen LogP contribution < -0.4 is 15.4 Å². The monoisotopic (exact) mass is 827 g/mol. The standard InChI is InChI=1S/C44H53N5O9S/c1-7-28-24-44(28,40(53)47-59(55,56)31-19-20-31)46-37(50)34-22-30-25-48(34)38(51)36(42(2,3)4)45-41(54)57-26-43(5,6)21-12-11-14-27-15-13-18-33-32(27)23-35(39(52)58-30)49(33)29-16-9-8-10-17-29/h7-11,13-18,23,28,30-31,34,36H,1,12,19-22,24-26H2,2-6H3,(H,45,54)(H,46,50)(H,47,53)/b14-11+/t28?,30-,34+,36-,44-/m1/s1. The van der Waals surface area contributed by atoms with E-state index in [0.717, 1.165) is 22.2 Å². The maximum atomic E-state index is 14.7. The first-order valence-corrected chi connectivity index (χ1v) is 21.7. The number of allylic oxidation sites excluding steroid dienone is 1.